The third-order valence-corrected chi connectivity index (χ3v) is 4.14. The van der Waals surface area contributed by atoms with E-state index in [0.717, 1.165) is 37.2 Å². The summed E-state index contributed by atoms with van der Waals surface area (Å²) in [7, 11) is 5.74. The number of nitrogens with one attached hydrogen (secondary N) is 1. The van der Waals surface area contributed by atoms with Crippen molar-refractivity contribution in [1.82, 2.24) is 15.1 Å². The van der Waals surface area contributed by atoms with Crippen molar-refractivity contribution in [2.45, 2.75) is 18.9 Å². The van der Waals surface area contributed by atoms with Gasteiger partial charge in [0.25, 0.3) is 0 Å². The molecular weight excluding hydrogens is 306 g/mol. The molecule has 134 valence electrons. The molecule has 2 rings (SSSR count). The maximum absolute atomic E-state index is 12.7. The average molecular weight is 335 g/mol. The molecule has 1 aromatic rings. The Morgan fingerprint density at radius 3 is 2.83 bits per heavy atom. The van der Waals surface area contributed by atoms with Crippen molar-refractivity contribution >= 4 is 6.03 Å². The molecule has 1 aliphatic heterocycles. The van der Waals surface area contributed by atoms with Gasteiger partial charge in [-0.3, -0.25) is 0 Å². The number of para-hydroxylation sites is 1. The average Bonchev–Trinajstić information content (AvgIpc) is 2.58. The van der Waals surface area contributed by atoms with Crippen LogP contribution in [0.25, 0.3) is 0 Å². The summed E-state index contributed by atoms with van der Waals surface area (Å²) in [4.78, 5) is 16.7. The molecule has 1 unspecified atom stereocenters. The van der Waals surface area contributed by atoms with Crippen LogP contribution in [0, 0.1) is 0 Å². The fraction of sp³-hybridized carbons (Fsp3) is 0.611. The normalized spacial score (nSPS) is 16.4. The Balaban J connectivity index is 1.96. The highest BCUT2D eigenvalue weighted by Crippen LogP contribution is 2.31. The standard InChI is InChI=1S/C18H29N3O3/c1-20(2)10-6-11-21(12-14-23-3)18(22)19-16-9-13-24-17-8-5-4-7-15(16)17/h4-5,7-8,16H,6,9-14H2,1-3H3,(H,19,22). The number of carbonyl (C=O) groups excluding carboxylic acids is 1. The molecule has 24 heavy (non-hydrogen) atoms. The highest BCUT2D eigenvalue weighted by atomic mass is 16.5. The number of methoxy groups -OCH3 is 1. The van der Waals surface area contributed by atoms with E-state index in [0.29, 0.717) is 19.8 Å². The third kappa shape index (κ3) is 5.39. The summed E-state index contributed by atoms with van der Waals surface area (Å²) >= 11 is 0. The first-order valence-electron chi connectivity index (χ1n) is 8.52. The summed E-state index contributed by atoms with van der Waals surface area (Å²) in [6.07, 6.45) is 1.73. The van der Waals surface area contributed by atoms with Gasteiger partial charge in [0, 0.05) is 32.2 Å². The SMILES string of the molecule is COCCN(CCCN(C)C)C(=O)NC1CCOc2ccccc21. The number of carbonyl (C=O) groups is 1. The number of benzene rings is 1. The summed E-state index contributed by atoms with van der Waals surface area (Å²) in [5, 5.41) is 3.16. The van der Waals surface area contributed by atoms with E-state index in [2.05, 4.69) is 10.2 Å². The highest BCUT2D eigenvalue weighted by molar-refractivity contribution is 5.75. The molecule has 0 fully saturated rings. The van der Waals surface area contributed by atoms with Gasteiger partial charge in [0.15, 0.2) is 0 Å². The van der Waals surface area contributed by atoms with Crippen molar-refractivity contribution in [1.29, 1.82) is 0 Å². The first kappa shape index (κ1) is 18.5. The van der Waals surface area contributed by atoms with Gasteiger partial charge in [-0.1, -0.05) is 18.2 Å². The Kier molecular flexibility index (Phi) is 7.34. The van der Waals surface area contributed by atoms with Gasteiger partial charge < -0.3 is 24.6 Å². The van der Waals surface area contributed by atoms with Crippen molar-refractivity contribution in [3.05, 3.63) is 29.8 Å². The minimum Gasteiger partial charge on any atom is -0.493 e. The number of rotatable bonds is 8. The van der Waals surface area contributed by atoms with E-state index in [-0.39, 0.29) is 12.1 Å². The molecule has 6 nitrogen and oxygen atoms in total. The zero-order valence-corrected chi connectivity index (χ0v) is 15.0. The molecule has 0 bridgehead atoms. The fourth-order valence-corrected chi connectivity index (χ4v) is 2.83. The molecular formula is C18H29N3O3. The lowest BCUT2D eigenvalue weighted by Crippen LogP contribution is -2.45. The minimum atomic E-state index is -0.0347. The summed E-state index contributed by atoms with van der Waals surface area (Å²) in [6, 6.07) is 7.87. The van der Waals surface area contributed by atoms with Crippen LogP contribution in [-0.2, 0) is 4.74 Å². The van der Waals surface area contributed by atoms with E-state index in [9.17, 15) is 4.79 Å². The Bertz CT molecular complexity index is 522. The summed E-state index contributed by atoms with van der Waals surface area (Å²) < 4.78 is 10.8. The molecule has 6 heteroatoms. The maximum Gasteiger partial charge on any atom is 0.317 e. The Labute approximate surface area is 144 Å². The lowest BCUT2D eigenvalue weighted by atomic mass is 10.0. The molecule has 1 heterocycles. The number of hydrogen-bond acceptors (Lipinski definition) is 4. The van der Waals surface area contributed by atoms with E-state index >= 15 is 0 Å². The zero-order chi connectivity index (χ0) is 17.4. The molecule has 0 aromatic heterocycles. The molecule has 0 spiro atoms. The van der Waals surface area contributed by atoms with Gasteiger partial charge in [-0.15, -0.1) is 0 Å². The number of nitrogens with zero attached hydrogens (tertiary/aromatic N) is 2. The van der Waals surface area contributed by atoms with Gasteiger partial charge >= 0.3 is 6.03 Å². The molecule has 1 atom stereocenters. The van der Waals surface area contributed by atoms with Gasteiger partial charge in [0.1, 0.15) is 5.75 Å². The van der Waals surface area contributed by atoms with Crippen molar-refractivity contribution in [2.24, 2.45) is 0 Å². The van der Waals surface area contributed by atoms with E-state index < -0.39 is 0 Å². The lowest BCUT2D eigenvalue weighted by Gasteiger charge is -2.30. The van der Waals surface area contributed by atoms with E-state index in [1.165, 1.54) is 0 Å². The second-order valence-corrected chi connectivity index (χ2v) is 6.31. The smallest absolute Gasteiger partial charge is 0.317 e. The topological polar surface area (TPSA) is 54.0 Å². The predicted octanol–water partition coefficient (Wildman–Crippen LogP) is 2.12. The summed E-state index contributed by atoms with van der Waals surface area (Å²) in [5.74, 6) is 0.866. The first-order chi connectivity index (χ1) is 11.6. The predicted molar refractivity (Wildman–Crippen MR) is 94.4 cm³/mol. The largest absolute Gasteiger partial charge is 0.493 e. The number of urea groups is 1. The Hall–Kier alpha value is -1.79. The molecule has 0 saturated carbocycles. The van der Waals surface area contributed by atoms with Gasteiger partial charge in [-0.2, -0.15) is 0 Å². The lowest BCUT2D eigenvalue weighted by molar-refractivity contribution is 0.143. The van der Waals surface area contributed by atoms with E-state index in [1.807, 2.05) is 43.3 Å². The Morgan fingerprint density at radius 1 is 1.29 bits per heavy atom. The zero-order valence-electron chi connectivity index (χ0n) is 15.0. The van der Waals surface area contributed by atoms with E-state index in [1.54, 1.807) is 7.11 Å². The van der Waals surface area contributed by atoms with Crippen molar-refractivity contribution in [2.75, 3.05) is 54.1 Å². The monoisotopic (exact) mass is 335 g/mol. The van der Waals surface area contributed by atoms with Crippen LogP contribution in [0.4, 0.5) is 4.79 Å². The number of fused-ring (bicyclic) bond motifs is 1. The van der Waals surface area contributed by atoms with Crippen molar-refractivity contribution in [3.8, 4) is 5.75 Å². The van der Waals surface area contributed by atoms with Crippen LogP contribution in [0.5, 0.6) is 5.75 Å². The van der Waals surface area contributed by atoms with E-state index in [4.69, 9.17) is 9.47 Å². The van der Waals surface area contributed by atoms with Gasteiger partial charge in [-0.25, -0.2) is 4.79 Å². The summed E-state index contributed by atoms with van der Waals surface area (Å²) in [5.41, 5.74) is 1.05. The molecule has 0 aliphatic carbocycles. The van der Waals surface area contributed by atoms with Crippen LogP contribution in [-0.4, -0.2) is 69.9 Å². The molecule has 0 radical (unpaired) electrons. The van der Waals surface area contributed by atoms with Crippen molar-refractivity contribution < 1.29 is 14.3 Å². The minimum absolute atomic E-state index is 0.00124. The summed E-state index contributed by atoms with van der Waals surface area (Å²) in [6.45, 7) is 3.44. The first-order valence-corrected chi connectivity index (χ1v) is 8.52. The van der Waals surface area contributed by atoms with Crippen LogP contribution in [0.2, 0.25) is 0 Å². The van der Waals surface area contributed by atoms with Gasteiger partial charge in [0.05, 0.1) is 19.3 Å². The van der Waals surface area contributed by atoms with Gasteiger partial charge in [0.2, 0.25) is 0 Å². The van der Waals surface area contributed by atoms with Crippen LogP contribution >= 0.6 is 0 Å². The number of hydrogen-bond donors (Lipinski definition) is 1. The molecule has 2 amide bonds. The van der Waals surface area contributed by atoms with Crippen LogP contribution < -0.4 is 10.1 Å². The second-order valence-electron chi connectivity index (χ2n) is 6.31. The quantitative estimate of drug-likeness (QED) is 0.791. The molecule has 0 saturated heterocycles. The molecule has 1 aliphatic rings. The Morgan fingerprint density at radius 2 is 2.08 bits per heavy atom. The van der Waals surface area contributed by atoms with Gasteiger partial charge in [-0.05, 0) is 33.1 Å². The van der Waals surface area contributed by atoms with Crippen LogP contribution in [0.15, 0.2) is 24.3 Å². The molecule has 1 aromatic carbocycles. The highest BCUT2D eigenvalue weighted by Gasteiger charge is 2.24. The van der Waals surface area contributed by atoms with Crippen LogP contribution in [0.3, 0.4) is 0 Å². The third-order valence-electron chi connectivity index (χ3n) is 4.14. The fourth-order valence-electron chi connectivity index (χ4n) is 2.83. The molecule has 1 N–H and O–H groups in total. The second kappa shape index (κ2) is 9.49. The van der Waals surface area contributed by atoms with Crippen LogP contribution in [0.1, 0.15) is 24.4 Å². The number of amides is 2. The maximum atomic E-state index is 12.7. The number of ether oxygens (including phenoxy) is 2. The van der Waals surface area contributed by atoms with Crippen molar-refractivity contribution in [3.63, 3.8) is 0 Å².